The van der Waals surface area contributed by atoms with E-state index in [0.717, 1.165) is 31.0 Å². The Balaban J connectivity index is 2.20. The summed E-state index contributed by atoms with van der Waals surface area (Å²) in [5.41, 5.74) is 0.448. The van der Waals surface area contributed by atoms with Gasteiger partial charge in [0.05, 0.1) is 6.61 Å². The molecule has 0 aromatic rings. The Bertz CT molecular complexity index is 219. The first kappa shape index (κ1) is 11.4. The minimum Gasteiger partial charge on any atom is -0.381 e. The summed E-state index contributed by atoms with van der Waals surface area (Å²) in [5.74, 6) is 2.28. The summed E-state index contributed by atoms with van der Waals surface area (Å²) in [6, 6.07) is 0.687. The molecule has 88 valence electrons. The van der Waals surface area contributed by atoms with Gasteiger partial charge in [-0.05, 0) is 24.2 Å². The van der Waals surface area contributed by atoms with E-state index in [4.69, 9.17) is 4.74 Å². The monoisotopic (exact) mass is 211 g/mol. The summed E-state index contributed by atoms with van der Waals surface area (Å²) in [5, 5.41) is 3.74. The fourth-order valence-electron chi connectivity index (χ4n) is 3.74. The summed E-state index contributed by atoms with van der Waals surface area (Å²) in [6.45, 7) is 12.5. The van der Waals surface area contributed by atoms with Crippen molar-refractivity contribution in [1.82, 2.24) is 5.32 Å². The van der Waals surface area contributed by atoms with Crippen LogP contribution in [0.2, 0.25) is 0 Å². The average Bonchev–Trinajstić information content (AvgIpc) is 2.74. The Morgan fingerprint density at radius 2 is 1.93 bits per heavy atom. The molecule has 3 unspecified atom stereocenters. The number of hydrogen-bond donors (Lipinski definition) is 1. The van der Waals surface area contributed by atoms with Crippen molar-refractivity contribution in [2.75, 3.05) is 19.8 Å². The second-order valence-corrected chi connectivity index (χ2v) is 6.09. The molecule has 0 bridgehead atoms. The SMILES string of the molecule is CC(C)C1NCC2(CCOC2)C1C(C)C. The van der Waals surface area contributed by atoms with Gasteiger partial charge in [-0.1, -0.05) is 27.7 Å². The van der Waals surface area contributed by atoms with Crippen molar-refractivity contribution in [2.24, 2.45) is 23.2 Å². The number of rotatable bonds is 2. The highest BCUT2D eigenvalue weighted by atomic mass is 16.5. The largest absolute Gasteiger partial charge is 0.381 e. The van der Waals surface area contributed by atoms with E-state index < -0.39 is 0 Å². The maximum absolute atomic E-state index is 5.65. The molecule has 2 fully saturated rings. The molecule has 2 aliphatic heterocycles. The molecular formula is C13H25NO. The molecule has 2 heteroatoms. The Morgan fingerprint density at radius 3 is 2.40 bits per heavy atom. The topological polar surface area (TPSA) is 21.3 Å². The van der Waals surface area contributed by atoms with Gasteiger partial charge < -0.3 is 10.1 Å². The number of nitrogens with one attached hydrogen (secondary N) is 1. The molecule has 15 heavy (non-hydrogen) atoms. The van der Waals surface area contributed by atoms with Crippen LogP contribution >= 0.6 is 0 Å². The van der Waals surface area contributed by atoms with Gasteiger partial charge in [0.15, 0.2) is 0 Å². The summed E-state index contributed by atoms with van der Waals surface area (Å²) in [7, 11) is 0. The van der Waals surface area contributed by atoms with Crippen LogP contribution in [0, 0.1) is 23.2 Å². The van der Waals surface area contributed by atoms with Gasteiger partial charge in [-0.3, -0.25) is 0 Å². The van der Waals surface area contributed by atoms with Crippen LogP contribution in [0.4, 0.5) is 0 Å². The predicted octanol–water partition coefficient (Wildman–Crippen LogP) is 2.29. The highest BCUT2D eigenvalue weighted by Crippen LogP contribution is 2.47. The van der Waals surface area contributed by atoms with E-state index in [1.807, 2.05) is 0 Å². The smallest absolute Gasteiger partial charge is 0.0538 e. The van der Waals surface area contributed by atoms with E-state index in [2.05, 4.69) is 33.0 Å². The molecule has 1 spiro atoms. The van der Waals surface area contributed by atoms with Gasteiger partial charge >= 0.3 is 0 Å². The Labute approximate surface area is 93.8 Å². The lowest BCUT2D eigenvalue weighted by molar-refractivity contribution is 0.0993. The molecule has 1 N–H and O–H groups in total. The summed E-state index contributed by atoms with van der Waals surface area (Å²) < 4.78 is 5.65. The highest BCUT2D eigenvalue weighted by molar-refractivity contribution is 5.04. The average molecular weight is 211 g/mol. The lowest BCUT2D eigenvalue weighted by Gasteiger charge is -2.36. The quantitative estimate of drug-likeness (QED) is 0.756. The van der Waals surface area contributed by atoms with Gasteiger partial charge in [0.1, 0.15) is 0 Å². The van der Waals surface area contributed by atoms with Crippen molar-refractivity contribution < 1.29 is 4.74 Å². The molecule has 0 radical (unpaired) electrons. The zero-order valence-electron chi connectivity index (χ0n) is 10.5. The van der Waals surface area contributed by atoms with E-state index >= 15 is 0 Å². The van der Waals surface area contributed by atoms with Crippen LogP contribution < -0.4 is 5.32 Å². The Kier molecular flexibility index (Phi) is 3.09. The minimum atomic E-state index is 0.448. The van der Waals surface area contributed by atoms with Gasteiger partial charge in [0, 0.05) is 24.6 Å². The van der Waals surface area contributed by atoms with Gasteiger partial charge in [-0.15, -0.1) is 0 Å². The lowest BCUT2D eigenvalue weighted by atomic mass is 9.68. The normalized spacial score (nSPS) is 41.2. The third-order valence-corrected chi connectivity index (χ3v) is 4.35. The van der Waals surface area contributed by atoms with Crippen molar-refractivity contribution in [3.8, 4) is 0 Å². The van der Waals surface area contributed by atoms with E-state index in [1.54, 1.807) is 0 Å². The third kappa shape index (κ3) is 1.83. The Hall–Kier alpha value is -0.0800. The van der Waals surface area contributed by atoms with Gasteiger partial charge in [0.25, 0.3) is 0 Å². The van der Waals surface area contributed by atoms with Crippen LogP contribution in [0.3, 0.4) is 0 Å². The molecule has 2 rings (SSSR count). The Morgan fingerprint density at radius 1 is 1.20 bits per heavy atom. The molecule has 0 amide bonds. The van der Waals surface area contributed by atoms with E-state index in [0.29, 0.717) is 11.5 Å². The fraction of sp³-hybridized carbons (Fsp3) is 1.00. The summed E-state index contributed by atoms with van der Waals surface area (Å²) >= 11 is 0. The molecule has 0 saturated carbocycles. The highest BCUT2D eigenvalue weighted by Gasteiger charge is 2.51. The number of hydrogen-bond acceptors (Lipinski definition) is 2. The fourth-order valence-corrected chi connectivity index (χ4v) is 3.74. The second-order valence-electron chi connectivity index (χ2n) is 6.09. The first-order valence-corrected chi connectivity index (χ1v) is 6.38. The maximum atomic E-state index is 5.65. The molecule has 3 atom stereocenters. The van der Waals surface area contributed by atoms with Crippen molar-refractivity contribution in [3.63, 3.8) is 0 Å². The van der Waals surface area contributed by atoms with Crippen LogP contribution in [-0.2, 0) is 4.74 Å². The van der Waals surface area contributed by atoms with Crippen molar-refractivity contribution >= 4 is 0 Å². The molecule has 2 aliphatic rings. The van der Waals surface area contributed by atoms with Crippen LogP contribution in [0.15, 0.2) is 0 Å². The van der Waals surface area contributed by atoms with Crippen LogP contribution in [0.5, 0.6) is 0 Å². The van der Waals surface area contributed by atoms with E-state index in [1.165, 1.54) is 13.0 Å². The first-order valence-electron chi connectivity index (χ1n) is 6.38. The van der Waals surface area contributed by atoms with Crippen LogP contribution in [0.25, 0.3) is 0 Å². The van der Waals surface area contributed by atoms with Gasteiger partial charge in [-0.25, -0.2) is 0 Å². The van der Waals surface area contributed by atoms with Crippen molar-refractivity contribution in [2.45, 2.75) is 40.2 Å². The molecule has 0 aliphatic carbocycles. The second kappa shape index (κ2) is 4.06. The standard InChI is InChI=1S/C13H25NO/c1-9(2)11-12(10(3)4)14-7-13(11)5-6-15-8-13/h9-12,14H,5-8H2,1-4H3. The molecule has 2 saturated heterocycles. The molecule has 2 heterocycles. The zero-order valence-corrected chi connectivity index (χ0v) is 10.5. The van der Waals surface area contributed by atoms with E-state index in [9.17, 15) is 0 Å². The summed E-state index contributed by atoms with van der Waals surface area (Å²) in [4.78, 5) is 0. The lowest BCUT2D eigenvalue weighted by Crippen LogP contribution is -2.39. The molecule has 0 aromatic carbocycles. The third-order valence-electron chi connectivity index (χ3n) is 4.35. The first-order chi connectivity index (χ1) is 7.07. The number of ether oxygens (including phenoxy) is 1. The van der Waals surface area contributed by atoms with Gasteiger partial charge in [0.2, 0.25) is 0 Å². The summed E-state index contributed by atoms with van der Waals surface area (Å²) in [6.07, 6.45) is 1.26. The zero-order chi connectivity index (χ0) is 11.1. The van der Waals surface area contributed by atoms with E-state index in [-0.39, 0.29) is 0 Å². The van der Waals surface area contributed by atoms with Crippen molar-refractivity contribution in [1.29, 1.82) is 0 Å². The van der Waals surface area contributed by atoms with Crippen molar-refractivity contribution in [3.05, 3.63) is 0 Å². The molecule has 0 aromatic heterocycles. The van der Waals surface area contributed by atoms with Crippen LogP contribution in [0.1, 0.15) is 34.1 Å². The molecular weight excluding hydrogens is 186 g/mol. The van der Waals surface area contributed by atoms with Gasteiger partial charge in [-0.2, -0.15) is 0 Å². The van der Waals surface area contributed by atoms with Crippen LogP contribution in [-0.4, -0.2) is 25.8 Å². The molecule has 2 nitrogen and oxygen atoms in total. The minimum absolute atomic E-state index is 0.448. The predicted molar refractivity (Wildman–Crippen MR) is 62.8 cm³/mol. The maximum Gasteiger partial charge on any atom is 0.0538 e.